The van der Waals surface area contributed by atoms with E-state index in [1.165, 1.54) is 30.6 Å². The van der Waals surface area contributed by atoms with Crippen molar-refractivity contribution in [3.05, 3.63) is 24.0 Å². The molecule has 0 radical (unpaired) electrons. The summed E-state index contributed by atoms with van der Waals surface area (Å²) in [4.78, 5) is 4.73. The highest BCUT2D eigenvalue weighted by Crippen LogP contribution is 2.48. The number of benzene rings is 1. The number of nitrogen functional groups attached to an aromatic ring is 1. The van der Waals surface area contributed by atoms with E-state index in [-0.39, 0.29) is 0 Å². The summed E-state index contributed by atoms with van der Waals surface area (Å²) in [5.74, 6) is 2.06. The van der Waals surface area contributed by atoms with E-state index in [0.717, 1.165) is 23.5 Å². The Balaban J connectivity index is 2.04. The smallest absolute Gasteiger partial charge is 0.109 e. The zero-order valence-electron chi connectivity index (χ0n) is 11.2. The first kappa shape index (κ1) is 11.6. The maximum atomic E-state index is 5.84. The van der Waals surface area contributed by atoms with Crippen LogP contribution < -0.4 is 5.73 Å². The highest BCUT2D eigenvalue weighted by Gasteiger charge is 2.39. The lowest BCUT2D eigenvalue weighted by atomic mass is 10.2. The number of imidazole rings is 1. The number of aryl methyl sites for hydroxylation is 1. The zero-order chi connectivity index (χ0) is 12.7. The van der Waals surface area contributed by atoms with Crippen LogP contribution >= 0.6 is 0 Å². The molecule has 3 rings (SSSR count). The minimum Gasteiger partial charge on any atom is -0.399 e. The van der Waals surface area contributed by atoms with Crippen molar-refractivity contribution >= 4 is 16.7 Å². The van der Waals surface area contributed by atoms with Gasteiger partial charge in [0, 0.05) is 18.2 Å². The Morgan fingerprint density at radius 1 is 1.39 bits per heavy atom. The van der Waals surface area contributed by atoms with Crippen molar-refractivity contribution in [3.63, 3.8) is 0 Å². The van der Waals surface area contributed by atoms with Gasteiger partial charge in [-0.2, -0.15) is 0 Å². The molecule has 96 valence electrons. The zero-order valence-corrected chi connectivity index (χ0v) is 11.2. The molecule has 0 spiro atoms. The first-order valence-electron chi connectivity index (χ1n) is 7.01. The van der Waals surface area contributed by atoms with Crippen molar-refractivity contribution < 1.29 is 0 Å². The first-order valence-corrected chi connectivity index (χ1v) is 7.01. The molecule has 1 aliphatic carbocycles. The summed E-state index contributed by atoms with van der Waals surface area (Å²) in [6.45, 7) is 4.45. The average molecular weight is 243 g/mol. The van der Waals surface area contributed by atoms with Crippen LogP contribution in [-0.2, 0) is 6.42 Å². The Labute approximate surface area is 108 Å². The molecule has 2 N–H and O–H groups in total. The van der Waals surface area contributed by atoms with Gasteiger partial charge in [0.2, 0.25) is 0 Å². The quantitative estimate of drug-likeness (QED) is 0.835. The molecule has 2 aromatic rings. The summed E-state index contributed by atoms with van der Waals surface area (Å²) in [7, 11) is 0. The lowest BCUT2D eigenvalue weighted by Crippen LogP contribution is -2.02. The molecule has 2 atom stereocenters. The fraction of sp³-hybridized carbons (Fsp3) is 0.533. The predicted molar refractivity (Wildman–Crippen MR) is 75.6 cm³/mol. The Morgan fingerprint density at radius 3 is 2.94 bits per heavy atom. The van der Waals surface area contributed by atoms with E-state index in [4.69, 9.17) is 10.7 Å². The molecule has 0 amide bonds. The van der Waals surface area contributed by atoms with E-state index >= 15 is 0 Å². The van der Waals surface area contributed by atoms with Gasteiger partial charge in [0.15, 0.2) is 0 Å². The molecular weight excluding hydrogens is 222 g/mol. The molecule has 18 heavy (non-hydrogen) atoms. The topological polar surface area (TPSA) is 43.8 Å². The third-order valence-electron chi connectivity index (χ3n) is 3.98. The largest absolute Gasteiger partial charge is 0.399 e. The number of nitrogens with two attached hydrogens (primary N) is 1. The Kier molecular flexibility index (Phi) is 2.77. The van der Waals surface area contributed by atoms with Gasteiger partial charge in [-0.05, 0) is 37.0 Å². The number of hydrogen-bond donors (Lipinski definition) is 1. The number of anilines is 1. The van der Waals surface area contributed by atoms with Crippen LogP contribution in [0.15, 0.2) is 18.2 Å². The van der Waals surface area contributed by atoms with Gasteiger partial charge < -0.3 is 10.3 Å². The Hall–Kier alpha value is -1.51. The molecule has 0 saturated heterocycles. The molecule has 2 unspecified atom stereocenters. The summed E-state index contributed by atoms with van der Waals surface area (Å²) in [6, 6.07) is 6.77. The standard InChI is InChI=1S/C15H21N3/c1-3-5-10-8-14(10)18-13-7-6-11(16)9-12(13)17-15(18)4-2/h6-7,9-10,14H,3-5,8,16H2,1-2H3. The third-order valence-corrected chi connectivity index (χ3v) is 3.98. The molecule has 3 nitrogen and oxygen atoms in total. The second-order valence-electron chi connectivity index (χ2n) is 5.35. The van der Waals surface area contributed by atoms with Crippen LogP contribution in [0.1, 0.15) is 45.0 Å². The minimum atomic E-state index is 0.675. The molecule has 1 aliphatic rings. The minimum absolute atomic E-state index is 0.675. The SMILES string of the molecule is CCCC1CC1n1c(CC)nc2cc(N)ccc21. The van der Waals surface area contributed by atoms with E-state index in [1.807, 2.05) is 12.1 Å². The summed E-state index contributed by atoms with van der Waals surface area (Å²) >= 11 is 0. The molecular formula is C15H21N3. The molecule has 0 aliphatic heterocycles. The van der Waals surface area contributed by atoms with Crippen molar-refractivity contribution in [1.29, 1.82) is 0 Å². The number of hydrogen-bond acceptors (Lipinski definition) is 2. The van der Waals surface area contributed by atoms with E-state index in [1.54, 1.807) is 0 Å². The van der Waals surface area contributed by atoms with Crippen molar-refractivity contribution in [2.24, 2.45) is 5.92 Å². The van der Waals surface area contributed by atoms with Crippen molar-refractivity contribution in [2.45, 2.75) is 45.6 Å². The average Bonchev–Trinajstić information content (AvgIpc) is 3.01. The molecule has 1 saturated carbocycles. The van der Waals surface area contributed by atoms with E-state index in [2.05, 4.69) is 24.5 Å². The first-order chi connectivity index (χ1) is 8.74. The maximum absolute atomic E-state index is 5.84. The lowest BCUT2D eigenvalue weighted by Gasteiger charge is -2.07. The summed E-state index contributed by atoms with van der Waals surface area (Å²) in [6.07, 6.45) is 4.92. The number of aromatic nitrogens is 2. The summed E-state index contributed by atoms with van der Waals surface area (Å²) in [5.41, 5.74) is 8.95. The highest BCUT2D eigenvalue weighted by atomic mass is 15.1. The van der Waals surface area contributed by atoms with Gasteiger partial charge in [-0.1, -0.05) is 20.3 Å². The third kappa shape index (κ3) is 1.78. The Morgan fingerprint density at radius 2 is 2.22 bits per heavy atom. The van der Waals surface area contributed by atoms with E-state index in [9.17, 15) is 0 Å². The van der Waals surface area contributed by atoms with Gasteiger partial charge in [0.25, 0.3) is 0 Å². The van der Waals surface area contributed by atoms with Crippen LogP contribution in [0.2, 0.25) is 0 Å². The van der Waals surface area contributed by atoms with Crippen LogP contribution in [0.5, 0.6) is 0 Å². The molecule has 1 aromatic carbocycles. The number of rotatable bonds is 4. The van der Waals surface area contributed by atoms with Crippen LogP contribution in [-0.4, -0.2) is 9.55 Å². The van der Waals surface area contributed by atoms with E-state index in [0.29, 0.717) is 6.04 Å². The fourth-order valence-electron chi connectivity index (χ4n) is 3.01. The Bertz CT molecular complexity index is 570. The lowest BCUT2D eigenvalue weighted by molar-refractivity contribution is 0.600. The van der Waals surface area contributed by atoms with Gasteiger partial charge in [0.1, 0.15) is 5.82 Å². The normalized spacial score (nSPS) is 22.6. The summed E-state index contributed by atoms with van der Waals surface area (Å²) in [5, 5.41) is 0. The predicted octanol–water partition coefficient (Wildman–Crippen LogP) is 3.54. The van der Waals surface area contributed by atoms with Crippen LogP contribution in [0.3, 0.4) is 0 Å². The molecule has 1 fully saturated rings. The molecule has 1 heterocycles. The second kappa shape index (κ2) is 4.30. The van der Waals surface area contributed by atoms with Crippen molar-refractivity contribution in [1.82, 2.24) is 9.55 Å². The van der Waals surface area contributed by atoms with Crippen LogP contribution in [0.25, 0.3) is 11.0 Å². The summed E-state index contributed by atoms with van der Waals surface area (Å²) < 4.78 is 2.45. The van der Waals surface area contributed by atoms with Gasteiger partial charge >= 0.3 is 0 Å². The van der Waals surface area contributed by atoms with Crippen molar-refractivity contribution in [2.75, 3.05) is 5.73 Å². The van der Waals surface area contributed by atoms with Crippen molar-refractivity contribution in [3.8, 4) is 0 Å². The monoisotopic (exact) mass is 243 g/mol. The van der Waals surface area contributed by atoms with Crippen LogP contribution in [0.4, 0.5) is 5.69 Å². The van der Waals surface area contributed by atoms with E-state index < -0.39 is 0 Å². The molecule has 3 heteroatoms. The van der Waals surface area contributed by atoms with Crippen LogP contribution in [0, 0.1) is 5.92 Å². The number of fused-ring (bicyclic) bond motifs is 1. The highest BCUT2D eigenvalue weighted by molar-refractivity contribution is 5.80. The number of nitrogens with zero attached hydrogens (tertiary/aromatic N) is 2. The van der Waals surface area contributed by atoms with Gasteiger partial charge in [0.05, 0.1) is 11.0 Å². The van der Waals surface area contributed by atoms with Gasteiger partial charge in [-0.3, -0.25) is 0 Å². The van der Waals surface area contributed by atoms with Gasteiger partial charge in [-0.15, -0.1) is 0 Å². The van der Waals surface area contributed by atoms with Gasteiger partial charge in [-0.25, -0.2) is 4.98 Å². The fourth-order valence-corrected chi connectivity index (χ4v) is 3.01. The molecule has 1 aromatic heterocycles. The maximum Gasteiger partial charge on any atom is 0.109 e. The second-order valence-corrected chi connectivity index (χ2v) is 5.35. The molecule has 0 bridgehead atoms.